The van der Waals surface area contributed by atoms with E-state index in [0.717, 1.165) is 0 Å². The summed E-state index contributed by atoms with van der Waals surface area (Å²) in [7, 11) is -5.29. The van der Waals surface area contributed by atoms with E-state index in [4.69, 9.17) is 4.74 Å². The van der Waals surface area contributed by atoms with E-state index in [2.05, 4.69) is 29.9 Å². The molecule has 2 atom stereocenters. The summed E-state index contributed by atoms with van der Waals surface area (Å²) < 4.78 is 35.0. The largest absolute Gasteiger partial charge is 0.373 e. The van der Waals surface area contributed by atoms with Crippen LogP contribution in [0.4, 0.5) is 0 Å². The first-order valence-electron chi connectivity index (χ1n) is 7.66. The Morgan fingerprint density at radius 2 is 1.73 bits per heavy atom. The molecule has 0 radical (unpaired) electrons. The van der Waals surface area contributed by atoms with Gasteiger partial charge in [-0.3, -0.25) is 0 Å². The summed E-state index contributed by atoms with van der Waals surface area (Å²) in [5.41, 5.74) is 0. The molecule has 0 aliphatic carbocycles. The number of rotatable bonds is 5. The second kappa shape index (κ2) is 6.80. The van der Waals surface area contributed by atoms with Gasteiger partial charge in [0.2, 0.25) is 0 Å². The molecule has 0 unspecified atom stereocenters. The third-order valence-electron chi connectivity index (χ3n) is 3.98. The molecule has 0 spiro atoms. The average molecular weight is 343 g/mol. The van der Waals surface area contributed by atoms with Gasteiger partial charge >= 0.3 is 0 Å². The van der Waals surface area contributed by atoms with Gasteiger partial charge in [0, 0.05) is 19.3 Å². The van der Waals surface area contributed by atoms with E-state index in [0.29, 0.717) is 19.3 Å². The Hall–Kier alpha value is -0.733. The van der Waals surface area contributed by atoms with Gasteiger partial charge in [-0.25, -0.2) is 4.72 Å². The van der Waals surface area contributed by atoms with Crippen LogP contribution >= 0.6 is 0 Å². The molecule has 2 rings (SSSR count). The van der Waals surface area contributed by atoms with Crippen molar-refractivity contribution in [2.75, 3.05) is 19.3 Å². The van der Waals surface area contributed by atoms with Crippen molar-refractivity contribution in [2.45, 2.75) is 39.1 Å². The topological polar surface area (TPSA) is 58.6 Å². The highest BCUT2D eigenvalue weighted by Crippen LogP contribution is 2.14. The van der Waals surface area contributed by atoms with Gasteiger partial charge in [-0.15, -0.1) is 0 Å². The van der Waals surface area contributed by atoms with E-state index in [1.807, 2.05) is 32.0 Å². The summed E-state index contributed by atoms with van der Waals surface area (Å²) in [4.78, 5) is 0. The van der Waals surface area contributed by atoms with Crippen LogP contribution in [-0.4, -0.2) is 52.3 Å². The summed E-state index contributed by atoms with van der Waals surface area (Å²) in [6.07, 6.45) is 0.360. The van der Waals surface area contributed by atoms with Gasteiger partial charge in [0.05, 0.1) is 20.3 Å². The van der Waals surface area contributed by atoms with Crippen LogP contribution in [0.2, 0.25) is 13.1 Å². The van der Waals surface area contributed by atoms with Gasteiger partial charge in [-0.05, 0) is 13.8 Å². The van der Waals surface area contributed by atoms with Gasteiger partial charge in [0.25, 0.3) is 10.2 Å². The van der Waals surface area contributed by atoms with E-state index in [-0.39, 0.29) is 12.2 Å². The molecule has 7 heteroatoms. The number of nitrogens with zero attached hydrogens (tertiary/aromatic N) is 1. The van der Waals surface area contributed by atoms with Crippen molar-refractivity contribution >= 4 is 23.5 Å². The quantitative estimate of drug-likeness (QED) is 0.815. The average Bonchev–Trinajstić information content (AvgIpc) is 2.45. The molecule has 1 aromatic rings. The van der Waals surface area contributed by atoms with Crippen molar-refractivity contribution < 1.29 is 13.2 Å². The Balaban J connectivity index is 2.03. The summed E-state index contributed by atoms with van der Waals surface area (Å²) >= 11 is 0. The fourth-order valence-corrected chi connectivity index (χ4v) is 7.15. The first-order valence-corrected chi connectivity index (χ1v) is 12.3. The van der Waals surface area contributed by atoms with Gasteiger partial charge in [-0.2, -0.15) is 12.7 Å². The van der Waals surface area contributed by atoms with Gasteiger partial charge < -0.3 is 4.74 Å². The van der Waals surface area contributed by atoms with Crippen molar-refractivity contribution in [3.63, 3.8) is 0 Å². The molecule has 0 aromatic heterocycles. The monoisotopic (exact) mass is 342 g/mol. The highest BCUT2D eigenvalue weighted by molar-refractivity contribution is 7.87. The number of hydrogen-bond acceptors (Lipinski definition) is 3. The van der Waals surface area contributed by atoms with Crippen LogP contribution in [0.1, 0.15) is 13.8 Å². The van der Waals surface area contributed by atoms with E-state index < -0.39 is 18.3 Å². The first-order chi connectivity index (χ1) is 10.2. The third kappa shape index (κ3) is 4.39. The van der Waals surface area contributed by atoms with Crippen LogP contribution in [0.3, 0.4) is 0 Å². The lowest BCUT2D eigenvalue weighted by atomic mass is 10.3. The zero-order valence-electron chi connectivity index (χ0n) is 13.7. The van der Waals surface area contributed by atoms with Crippen LogP contribution in [0, 0.1) is 0 Å². The Labute approximate surface area is 134 Å². The third-order valence-corrected chi connectivity index (χ3v) is 8.68. The first kappa shape index (κ1) is 17.6. The maximum absolute atomic E-state index is 12.5. The molecular formula is C15H26N2O3SSi. The molecule has 1 N–H and O–H groups in total. The predicted molar refractivity (Wildman–Crippen MR) is 92.1 cm³/mol. The van der Waals surface area contributed by atoms with Gasteiger partial charge in [0.1, 0.15) is 0 Å². The molecule has 22 heavy (non-hydrogen) atoms. The number of morpholine rings is 1. The minimum Gasteiger partial charge on any atom is -0.373 e. The molecule has 0 bridgehead atoms. The highest BCUT2D eigenvalue weighted by Gasteiger charge is 2.33. The second-order valence-electron chi connectivity index (χ2n) is 6.65. The zero-order valence-corrected chi connectivity index (χ0v) is 15.6. The van der Waals surface area contributed by atoms with Crippen LogP contribution in [-0.2, 0) is 14.9 Å². The standard InChI is InChI=1S/C15H26N2O3SSi/c1-13-10-17(11-14(2)20-13)21(18,19)16-12-22(3,4)15-8-6-5-7-9-15/h5-9,13-14,16H,10-12H2,1-4H3/t13-,14-/m1/s1. The Kier molecular flexibility index (Phi) is 5.44. The molecule has 1 heterocycles. The van der Waals surface area contributed by atoms with E-state index >= 15 is 0 Å². The molecule has 1 aromatic carbocycles. The summed E-state index contributed by atoms with van der Waals surface area (Å²) in [6, 6.07) is 10.2. The fraction of sp³-hybridized carbons (Fsp3) is 0.600. The van der Waals surface area contributed by atoms with E-state index in [1.165, 1.54) is 9.49 Å². The van der Waals surface area contributed by atoms with Crippen molar-refractivity contribution in [3.05, 3.63) is 30.3 Å². The predicted octanol–water partition coefficient (Wildman–Crippen LogP) is 1.08. The smallest absolute Gasteiger partial charge is 0.279 e. The summed E-state index contributed by atoms with van der Waals surface area (Å²) in [6.45, 7) is 8.98. The van der Waals surface area contributed by atoms with E-state index in [9.17, 15) is 8.42 Å². The normalized spacial score (nSPS) is 24.4. The lowest BCUT2D eigenvalue weighted by Crippen LogP contribution is -2.57. The molecule has 1 aliphatic rings. The zero-order chi connectivity index (χ0) is 16.4. The molecular weight excluding hydrogens is 316 g/mol. The van der Waals surface area contributed by atoms with Crippen LogP contribution in [0.5, 0.6) is 0 Å². The Morgan fingerprint density at radius 1 is 1.18 bits per heavy atom. The Bertz CT molecular complexity index is 582. The molecule has 1 aliphatic heterocycles. The molecule has 5 nitrogen and oxygen atoms in total. The molecule has 1 saturated heterocycles. The van der Waals surface area contributed by atoms with Crippen molar-refractivity contribution in [1.82, 2.24) is 9.03 Å². The Morgan fingerprint density at radius 3 is 2.27 bits per heavy atom. The lowest BCUT2D eigenvalue weighted by molar-refractivity contribution is -0.0443. The molecule has 0 amide bonds. The lowest BCUT2D eigenvalue weighted by Gasteiger charge is -2.35. The molecule has 0 saturated carbocycles. The van der Waals surface area contributed by atoms with Gasteiger partial charge in [0.15, 0.2) is 0 Å². The molecule has 124 valence electrons. The molecule has 1 fully saturated rings. The minimum atomic E-state index is -3.45. The number of nitrogens with one attached hydrogen (secondary N) is 1. The van der Waals surface area contributed by atoms with Crippen LogP contribution < -0.4 is 9.91 Å². The van der Waals surface area contributed by atoms with E-state index in [1.54, 1.807) is 0 Å². The SMILES string of the molecule is C[C@@H]1CN(S(=O)(=O)NC[Si](C)(C)c2ccccc2)C[C@@H](C)O1. The highest BCUT2D eigenvalue weighted by atomic mass is 32.2. The minimum absolute atomic E-state index is 0.0697. The van der Waals surface area contributed by atoms with Crippen molar-refractivity contribution in [1.29, 1.82) is 0 Å². The number of ether oxygens (including phenoxy) is 1. The summed E-state index contributed by atoms with van der Waals surface area (Å²) in [5.74, 6) is 0. The van der Waals surface area contributed by atoms with Crippen LogP contribution in [0.15, 0.2) is 30.3 Å². The summed E-state index contributed by atoms with van der Waals surface area (Å²) in [5, 5.41) is 1.25. The number of hydrogen-bond donors (Lipinski definition) is 1. The maximum Gasteiger partial charge on any atom is 0.279 e. The van der Waals surface area contributed by atoms with Crippen molar-refractivity contribution in [2.24, 2.45) is 0 Å². The van der Waals surface area contributed by atoms with Gasteiger partial charge in [-0.1, -0.05) is 48.6 Å². The van der Waals surface area contributed by atoms with Crippen LogP contribution in [0.25, 0.3) is 0 Å². The second-order valence-corrected chi connectivity index (χ2v) is 13.1. The maximum atomic E-state index is 12.5. The fourth-order valence-electron chi connectivity index (χ4n) is 2.68. The number of benzene rings is 1. The van der Waals surface area contributed by atoms with Crippen molar-refractivity contribution in [3.8, 4) is 0 Å².